The van der Waals surface area contributed by atoms with Crippen molar-refractivity contribution >= 4 is 11.9 Å². The summed E-state index contributed by atoms with van der Waals surface area (Å²) in [6.45, 7) is 6.20. The van der Waals surface area contributed by atoms with Crippen molar-refractivity contribution in [2.45, 2.75) is 65.0 Å². The number of hydrogen-bond acceptors (Lipinski definition) is 5. The zero-order chi connectivity index (χ0) is 24.1. The lowest BCUT2D eigenvalue weighted by Gasteiger charge is -2.27. The van der Waals surface area contributed by atoms with Gasteiger partial charge in [-0.2, -0.15) is 5.10 Å². The summed E-state index contributed by atoms with van der Waals surface area (Å²) in [6, 6.07) is 6.24. The minimum Gasteiger partial charge on any atom is -0.496 e. The van der Waals surface area contributed by atoms with Gasteiger partial charge in [0.2, 0.25) is 0 Å². The molecule has 8 heteroatoms. The molecule has 0 radical (unpaired) electrons. The fourth-order valence-corrected chi connectivity index (χ4v) is 4.45. The van der Waals surface area contributed by atoms with E-state index in [1.165, 1.54) is 0 Å². The van der Waals surface area contributed by atoms with Gasteiger partial charge in [-0.15, -0.1) is 0 Å². The van der Waals surface area contributed by atoms with Crippen LogP contribution in [0.3, 0.4) is 0 Å². The van der Waals surface area contributed by atoms with Crippen molar-refractivity contribution in [1.82, 2.24) is 15.1 Å². The maximum Gasteiger partial charge on any atom is 0.326 e. The molecular weight excluding hydrogens is 422 g/mol. The molecule has 8 nitrogen and oxygen atoms in total. The minimum absolute atomic E-state index is 0.0233. The molecule has 2 unspecified atom stereocenters. The highest BCUT2D eigenvalue weighted by molar-refractivity contribution is 5.96. The second kappa shape index (κ2) is 10.7. The molecule has 1 saturated carbocycles. The molecule has 33 heavy (non-hydrogen) atoms. The molecule has 1 aromatic carbocycles. The zero-order valence-electron chi connectivity index (χ0n) is 20.1. The van der Waals surface area contributed by atoms with E-state index in [9.17, 15) is 14.7 Å². The lowest BCUT2D eigenvalue weighted by atomic mass is 9.84. The first-order valence-electron chi connectivity index (χ1n) is 11.6. The number of ether oxygens (including phenoxy) is 2. The quantitative estimate of drug-likeness (QED) is 0.573. The molecule has 1 aliphatic rings. The molecule has 1 aromatic heterocycles. The smallest absolute Gasteiger partial charge is 0.326 e. The highest BCUT2D eigenvalue weighted by Crippen LogP contribution is 2.40. The highest BCUT2D eigenvalue weighted by Gasteiger charge is 2.32. The van der Waals surface area contributed by atoms with Gasteiger partial charge in [0.05, 0.1) is 31.5 Å². The predicted molar refractivity (Wildman–Crippen MR) is 126 cm³/mol. The first kappa shape index (κ1) is 24.6. The number of hydrogen-bond donors (Lipinski definition) is 2. The van der Waals surface area contributed by atoms with Crippen LogP contribution in [0.5, 0.6) is 11.5 Å². The largest absolute Gasteiger partial charge is 0.496 e. The van der Waals surface area contributed by atoms with E-state index < -0.39 is 17.9 Å². The first-order chi connectivity index (χ1) is 15.8. The number of amides is 1. The molecule has 1 heterocycles. The molecule has 2 aromatic rings. The van der Waals surface area contributed by atoms with Gasteiger partial charge in [0.15, 0.2) is 5.69 Å². The molecule has 2 N–H and O–H groups in total. The Kier molecular flexibility index (Phi) is 8.00. The third kappa shape index (κ3) is 5.31. The molecule has 0 spiro atoms. The molecule has 3 rings (SSSR count). The van der Waals surface area contributed by atoms with Gasteiger partial charge < -0.3 is 19.9 Å². The molecular formula is C25H35N3O5. The number of nitrogens with zero attached hydrogens (tertiary/aromatic N) is 2. The standard InChI is InChI=1S/C25H35N3O5/c1-15(2)16(3)28-19(22-20(32-4)12-9-13-21(22)33-5)14-18(27-28)24(29)26-23(25(30)31)17-10-7-6-8-11-17/h9,12-17,23H,6-8,10-11H2,1-5H3,(H,26,29)(H,30,31). The highest BCUT2D eigenvalue weighted by atomic mass is 16.5. The molecule has 0 bridgehead atoms. The van der Waals surface area contributed by atoms with Gasteiger partial charge in [-0.25, -0.2) is 4.79 Å². The molecule has 1 fully saturated rings. The van der Waals surface area contributed by atoms with Crippen LogP contribution in [0.2, 0.25) is 0 Å². The molecule has 1 amide bonds. The topological polar surface area (TPSA) is 103 Å². The van der Waals surface area contributed by atoms with Crippen LogP contribution in [-0.2, 0) is 4.79 Å². The number of aromatic nitrogens is 2. The summed E-state index contributed by atoms with van der Waals surface area (Å²) < 4.78 is 13.0. The molecule has 1 aliphatic carbocycles. The van der Waals surface area contributed by atoms with Crippen LogP contribution >= 0.6 is 0 Å². The lowest BCUT2D eigenvalue weighted by molar-refractivity contribution is -0.141. The van der Waals surface area contributed by atoms with Gasteiger partial charge in [0, 0.05) is 0 Å². The van der Waals surface area contributed by atoms with Crippen molar-refractivity contribution in [3.05, 3.63) is 30.0 Å². The number of rotatable bonds is 9. The average molecular weight is 458 g/mol. The maximum absolute atomic E-state index is 13.2. The van der Waals surface area contributed by atoms with E-state index in [0.29, 0.717) is 22.8 Å². The Morgan fingerprint density at radius 2 is 1.70 bits per heavy atom. The average Bonchev–Trinajstić information content (AvgIpc) is 3.26. The monoisotopic (exact) mass is 457 g/mol. The fourth-order valence-electron chi connectivity index (χ4n) is 4.45. The van der Waals surface area contributed by atoms with Crippen LogP contribution in [0, 0.1) is 11.8 Å². The Labute approximate surface area is 195 Å². The van der Waals surface area contributed by atoms with Crippen LogP contribution in [-0.4, -0.2) is 47.0 Å². The number of carbonyl (C=O) groups is 2. The summed E-state index contributed by atoms with van der Waals surface area (Å²) in [7, 11) is 3.17. The van der Waals surface area contributed by atoms with E-state index in [2.05, 4.69) is 24.3 Å². The summed E-state index contributed by atoms with van der Waals surface area (Å²) in [5.41, 5.74) is 1.55. The van der Waals surface area contributed by atoms with Crippen molar-refractivity contribution in [2.24, 2.45) is 11.8 Å². The van der Waals surface area contributed by atoms with Gasteiger partial charge in [0.1, 0.15) is 17.5 Å². The van der Waals surface area contributed by atoms with E-state index in [1.54, 1.807) is 25.0 Å². The molecule has 0 saturated heterocycles. The number of methoxy groups -OCH3 is 2. The zero-order valence-corrected chi connectivity index (χ0v) is 20.1. The van der Waals surface area contributed by atoms with Crippen molar-refractivity contribution in [3.8, 4) is 22.8 Å². The Bertz CT molecular complexity index is 956. The van der Waals surface area contributed by atoms with E-state index in [1.807, 2.05) is 25.1 Å². The van der Waals surface area contributed by atoms with Crippen LogP contribution in [0.25, 0.3) is 11.3 Å². The van der Waals surface area contributed by atoms with Gasteiger partial charge in [-0.1, -0.05) is 39.2 Å². The summed E-state index contributed by atoms with van der Waals surface area (Å²) in [4.78, 5) is 25.1. The maximum atomic E-state index is 13.2. The SMILES string of the molecule is COc1cccc(OC)c1-c1cc(C(=O)NC(C(=O)O)C2CCCCC2)nn1C(C)C(C)C. The number of carboxylic acid groups (broad SMARTS) is 1. The Morgan fingerprint density at radius 3 is 2.21 bits per heavy atom. The van der Waals surface area contributed by atoms with Crippen molar-refractivity contribution in [1.29, 1.82) is 0 Å². The van der Waals surface area contributed by atoms with E-state index in [4.69, 9.17) is 9.47 Å². The Balaban J connectivity index is 2.02. The Morgan fingerprint density at radius 1 is 1.09 bits per heavy atom. The summed E-state index contributed by atoms with van der Waals surface area (Å²) in [5, 5.41) is 17.1. The third-order valence-electron chi connectivity index (χ3n) is 6.68. The number of aliphatic carboxylic acids is 1. The van der Waals surface area contributed by atoms with Crippen molar-refractivity contribution < 1.29 is 24.2 Å². The molecule has 2 atom stereocenters. The minimum atomic E-state index is -1.00. The normalized spacial score (nSPS) is 16.3. The number of carbonyl (C=O) groups excluding carboxylic acids is 1. The van der Waals surface area contributed by atoms with E-state index >= 15 is 0 Å². The van der Waals surface area contributed by atoms with Gasteiger partial charge in [0.25, 0.3) is 5.91 Å². The van der Waals surface area contributed by atoms with E-state index in [-0.39, 0.29) is 23.6 Å². The van der Waals surface area contributed by atoms with Crippen LogP contribution in [0.15, 0.2) is 24.3 Å². The van der Waals surface area contributed by atoms with E-state index in [0.717, 1.165) is 32.1 Å². The molecule has 180 valence electrons. The van der Waals surface area contributed by atoms with Gasteiger partial charge in [-0.3, -0.25) is 9.48 Å². The van der Waals surface area contributed by atoms with Crippen LogP contribution in [0.4, 0.5) is 0 Å². The second-order valence-electron chi connectivity index (χ2n) is 9.07. The predicted octanol–water partition coefficient (Wildman–Crippen LogP) is 4.55. The third-order valence-corrected chi connectivity index (χ3v) is 6.68. The van der Waals surface area contributed by atoms with Crippen LogP contribution in [0.1, 0.15) is 69.4 Å². The molecule has 0 aliphatic heterocycles. The van der Waals surface area contributed by atoms with Gasteiger partial charge in [-0.05, 0) is 49.8 Å². The van der Waals surface area contributed by atoms with Gasteiger partial charge >= 0.3 is 5.97 Å². The summed E-state index contributed by atoms with van der Waals surface area (Å²) >= 11 is 0. The number of nitrogens with one attached hydrogen (secondary N) is 1. The lowest BCUT2D eigenvalue weighted by Crippen LogP contribution is -2.46. The summed E-state index contributed by atoms with van der Waals surface area (Å²) in [5.74, 6) is -0.109. The number of carboxylic acids is 1. The number of benzene rings is 1. The summed E-state index contributed by atoms with van der Waals surface area (Å²) in [6.07, 6.45) is 4.70. The second-order valence-corrected chi connectivity index (χ2v) is 9.07. The Hall–Kier alpha value is -3.03. The van der Waals surface area contributed by atoms with Crippen molar-refractivity contribution in [2.75, 3.05) is 14.2 Å². The first-order valence-corrected chi connectivity index (χ1v) is 11.6. The van der Waals surface area contributed by atoms with Crippen LogP contribution < -0.4 is 14.8 Å². The van der Waals surface area contributed by atoms with Crippen molar-refractivity contribution in [3.63, 3.8) is 0 Å². The fraction of sp³-hybridized carbons (Fsp3) is 0.560.